The molecule has 0 saturated carbocycles. The molecule has 0 saturated heterocycles. The van der Waals surface area contributed by atoms with E-state index in [2.05, 4.69) is 4.98 Å². The summed E-state index contributed by atoms with van der Waals surface area (Å²) in [7, 11) is 0. The fourth-order valence-corrected chi connectivity index (χ4v) is 0.497. The molecule has 2 heteroatoms. The summed E-state index contributed by atoms with van der Waals surface area (Å²) in [5.74, 6) is 0. The Morgan fingerprint density at radius 1 is 1.17 bits per heavy atom. The number of nitrogens with two attached hydrogens (primary N) is 1. The smallest absolute Gasteiger partial charge is 0.0601 e. The van der Waals surface area contributed by atoms with Crippen LogP contribution in [0.4, 0.5) is 5.69 Å². The van der Waals surface area contributed by atoms with Gasteiger partial charge in [-0.05, 0) is 19.1 Å². The first-order chi connectivity index (χ1) is 5.80. The van der Waals surface area contributed by atoms with Crippen molar-refractivity contribution in [2.24, 2.45) is 0 Å². The summed E-state index contributed by atoms with van der Waals surface area (Å²) < 4.78 is 0. The minimum absolute atomic E-state index is 0.757. The van der Waals surface area contributed by atoms with Gasteiger partial charge in [0.15, 0.2) is 0 Å². The van der Waals surface area contributed by atoms with Gasteiger partial charge in [0.1, 0.15) is 0 Å². The molecule has 0 spiro atoms. The predicted molar refractivity (Wildman–Crippen MR) is 56.1 cm³/mol. The van der Waals surface area contributed by atoms with Gasteiger partial charge in [-0.15, -0.1) is 0 Å². The lowest BCUT2D eigenvalue weighted by molar-refractivity contribution is 1.21. The van der Waals surface area contributed by atoms with E-state index < -0.39 is 0 Å². The largest absolute Gasteiger partial charge is 0.397 e. The van der Waals surface area contributed by atoms with E-state index in [0.717, 1.165) is 11.4 Å². The average molecular weight is 168 g/mol. The maximum atomic E-state index is 5.46. The highest BCUT2D eigenvalue weighted by atomic mass is 14.7. The molecule has 1 aromatic rings. The van der Waals surface area contributed by atoms with Gasteiger partial charge in [-0.1, -0.05) is 27.7 Å². The third-order valence-corrected chi connectivity index (χ3v) is 1.05. The first kappa shape index (κ1) is 13.5. The Morgan fingerprint density at radius 2 is 1.67 bits per heavy atom. The zero-order chi connectivity index (χ0) is 9.98. The molecule has 0 fully saturated rings. The van der Waals surface area contributed by atoms with Crippen molar-refractivity contribution in [3.63, 3.8) is 0 Å². The number of pyridine rings is 1. The normalized spacial score (nSPS) is 7.08. The van der Waals surface area contributed by atoms with Crippen LogP contribution in [0.3, 0.4) is 0 Å². The number of aromatic nitrogens is 1. The van der Waals surface area contributed by atoms with E-state index in [-0.39, 0.29) is 0 Å². The molecule has 1 aromatic heterocycles. The second-order valence-corrected chi connectivity index (χ2v) is 1.68. The Kier molecular flexibility index (Phi) is 11.2. The molecule has 0 unspecified atom stereocenters. The van der Waals surface area contributed by atoms with Crippen LogP contribution in [0.15, 0.2) is 18.3 Å². The highest BCUT2D eigenvalue weighted by molar-refractivity contribution is 5.40. The third kappa shape index (κ3) is 5.71. The van der Waals surface area contributed by atoms with Gasteiger partial charge in [-0.2, -0.15) is 0 Å². The molecule has 0 bridgehead atoms. The summed E-state index contributed by atoms with van der Waals surface area (Å²) in [6, 6.07) is 3.66. The standard InChI is InChI=1S/C6H8N2.2C2H6/c1-5-6(7)3-2-4-8-5;2*1-2/h2-4H,7H2,1H3;2*1-2H3. The molecule has 12 heavy (non-hydrogen) atoms. The first-order valence-corrected chi connectivity index (χ1v) is 4.48. The van der Waals surface area contributed by atoms with Crippen LogP contribution in [0, 0.1) is 6.92 Å². The van der Waals surface area contributed by atoms with Gasteiger partial charge in [0.2, 0.25) is 0 Å². The van der Waals surface area contributed by atoms with Gasteiger partial charge < -0.3 is 5.73 Å². The summed E-state index contributed by atoms with van der Waals surface area (Å²) >= 11 is 0. The fraction of sp³-hybridized carbons (Fsp3) is 0.500. The van der Waals surface area contributed by atoms with Crippen molar-refractivity contribution in [1.29, 1.82) is 0 Å². The first-order valence-electron chi connectivity index (χ1n) is 4.48. The van der Waals surface area contributed by atoms with Gasteiger partial charge in [-0.3, -0.25) is 4.98 Å². The molecule has 0 aliphatic rings. The Balaban J connectivity index is 0. The summed E-state index contributed by atoms with van der Waals surface area (Å²) in [6.45, 7) is 9.88. The van der Waals surface area contributed by atoms with Crippen molar-refractivity contribution in [3.8, 4) is 0 Å². The Morgan fingerprint density at radius 3 is 1.92 bits per heavy atom. The molecule has 1 heterocycles. The Labute approximate surface area is 75.8 Å². The molecule has 0 aliphatic carbocycles. The van der Waals surface area contributed by atoms with Crippen molar-refractivity contribution < 1.29 is 0 Å². The molecule has 0 aromatic carbocycles. The van der Waals surface area contributed by atoms with E-state index in [0.29, 0.717) is 0 Å². The number of hydrogen-bond acceptors (Lipinski definition) is 2. The van der Waals surface area contributed by atoms with Gasteiger partial charge in [0, 0.05) is 6.20 Å². The van der Waals surface area contributed by atoms with Crippen LogP contribution >= 0.6 is 0 Å². The van der Waals surface area contributed by atoms with Crippen molar-refractivity contribution >= 4 is 5.69 Å². The Hall–Kier alpha value is -1.05. The SMILES string of the molecule is CC.CC.Cc1ncccc1N. The molecule has 0 aliphatic heterocycles. The third-order valence-electron chi connectivity index (χ3n) is 1.05. The maximum absolute atomic E-state index is 5.46. The topological polar surface area (TPSA) is 38.9 Å². The van der Waals surface area contributed by atoms with E-state index in [1.54, 1.807) is 6.20 Å². The van der Waals surface area contributed by atoms with Crippen LogP contribution in [0.1, 0.15) is 33.4 Å². The maximum Gasteiger partial charge on any atom is 0.0601 e. The lowest BCUT2D eigenvalue weighted by Crippen LogP contribution is -1.89. The lowest BCUT2D eigenvalue weighted by Gasteiger charge is -1.92. The highest BCUT2D eigenvalue weighted by Crippen LogP contribution is 2.02. The van der Waals surface area contributed by atoms with Crippen LogP contribution in [-0.2, 0) is 0 Å². The predicted octanol–water partition coefficient (Wildman–Crippen LogP) is 3.02. The minimum atomic E-state index is 0.757. The summed E-state index contributed by atoms with van der Waals surface area (Å²) in [6.07, 6.45) is 1.73. The van der Waals surface area contributed by atoms with Crippen LogP contribution in [-0.4, -0.2) is 4.98 Å². The fourth-order valence-electron chi connectivity index (χ4n) is 0.497. The molecular formula is C10H20N2. The number of nitrogen functional groups attached to an aromatic ring is 1. The van der Waals surface area contributed by atoms with Gasteiger partial charge in [0.05, 0.1) is 11.4 Å². The number of hydrogen-bond donors (Lipinski definition) is 1. The van der Waals surface area contributed by atoms with E-state index in [4.69, 9.17) is 5.73 Å². The monoisotopic (exact) mass is 168 g/mol. The van der Waals surface area contributed by atoms with E-state index in [1.807, 2.05) is 46.8 Å². The summed E-state index contributed by atoms with van der Waals surface area (Å²) in [5.41, 5.74) is 7.11. The molecule has 0 radical (unpaired) electrons. The van der Waals surface area contributed by atoms with Crippen molar-refractivity contribution in [2.75, 3.05) is 5.73 Å². The van der Waals surface area contributed by atoms with E-state index >= 15 is 0 Å². The molecule has 70 valence electrons. The number of nitrogens with zero attached hydrogens (tertiary/aromatic N) is 1. The van der Waals surface area contributed by atoms with Crippen LogP contribution in [0.25, 0.3) is 0 Å². The quantitative estimate of drug-likeness (QED) is 0.646. The summed E-state index contributed by atoms with van der Waals surface area (Å²) in [4.78, 5) is 3.95. The average Bonchev–Trinajstić information content (AvgIpc) is 2.17. The molecule has 0 amide bonds. The van der Waals surface area contributed by atoms with Crippen molar-refractivity contribution in [1.82, 2.24) is 4.98 Å². The van der Waals surface area contributed by atoms with Gasteiger partial charge in [-0.25, -0.2) is 0 Å². The zero-order valence-corrected chi connectivity index (χ0v) is 8.76. The number of aryl methyl sites for hydroxylation is 1. The molecule has 0 atom stereocenters. The highest BCUT2D eigenvalue weighted by Gasteiger charge is 1.86. The zero-order valence-electron chi connectivity index (χ0n) is 8.76. The van der Waals surface area contributed by atoms with E-state index in [1.165, 1.54) is 0 Å². The second kappa shape index (κ2) is 9.95. The van der Waals surface area contributed by atoms with Crippen LogP contribution < -0.4 is 5.73 Å². The molecular weight excluding hydrogens is 148 g/mol. The number of anilines is 1. The summed E-state index contributed by atoms with van der Waals surface area (Å²) in [5, 5.41) is 0. The van der Waals surface area contributed by atoms with Crippen LogP contribution in [0.2, 0.25) is 0 Å². The molecule has 2 nitrogen and oxygen atoms in total. The minimum Gasteiger partial charge on any atom is -0.397 e. The lowest BCUT2D eigenvalue weighted by atomic mass is 10.3. The molecule has 2 N–H and O–H groups in total. The van der Waals surface area contributed by atoms with Crippen LogP contribution in [0.5, 0.6) is 0 Å². The van der Waals surface area contributed by atoms with Crippen molar-refractivity contribution in [3.05, 3.63) is 24.0 Å². The second-order valence-electron chi connectivity index (χ2n) is 1.68. The van der Waals surface area contributed by atoms with E-state index in [9.17, 15) is 0 Å². The van der Waals surface area contributed by atoms with Gasteiger partial charge >= 0.3 is 0 Å². The Bertz CT molecular complexity index is 164. The molecule has 1 rings (SSSR count). The van der Waals surface area contributed by atoms with Crippen molar-refractivity contribution in [2.45, 2.75) is 34.6 Å². The van der Waals surface area contributed by atoms with Gasteiger partial charge in [0.25, 0.3) is 0 Å². The number of rotatable bonds is 0.